The molecule has 0 spiro atoms. The molecule has 1 aliphatic rings. The monoisotopic (exact) mass is 332 g/mol. The third-order valence-electron chi connectivity index (χ3n) is 4.73. The molecule has 1 fully saturated rings. The Bertz CT molecular complexity index is 832. The average molecular weight is 333 g/mol. The summed E-state index contributed by atoms with van der Waals surface area (Å²) >= 11 is 0. The summed E-state index contributed by atoms with van der Waals surface area (Å²) in [4.78, 5) is 7.89. The number of aromatic nitrogens is 2. The van der Waals surface area contributed by atoms with Gasteiger partial charge in [0.05, 0.1) is 23.2 Å². The summed E-state index contributed by atoms with van der Waals surface area (Å²) in [5.74, 6) is -0.270. The largest absolute Gasteiger partial charge is 0.366 e. The number of hydrogen-bond donors (Lipinski definition) is 1. The highest BCUT2D eigenvalue weighted by Crippen LogP contribution is 2.51. The molecule has 5 heteroatoms. The predicted molar refractivity (Wildman–Crippen MR) is 90.5 cm³/mol. The van der Waals surface area contributed by atoms with Crippen molar-refractivity contribution in [1.29, 1.82) is 0 Å². The minimum absolute atomic E-state index is 0. The first-order valence-corrected chi connectivity index (χ1v) is 7.45. The number of epoxide rings is 1. The smallest absolute Gasteiger partial charge is 0.123 e. The molecule has 1 aliphatic heterocycles. The first-order chi connectivity index (χ1) is 10.6. The molecule has 0 aliphatic carbocycles. The van der Waals surface area contributed by atoms with Gasteiger partial charge in [0.15, 0.2) is 0 Å². The van der Waals surface area contributed by atoms with E-state index in [0.717, 1.165) is 22.2 Å². The highest BCUT2D eigenvalue weighted by Gasteiger charge is 2.56. The molecule has 3 nitrogen and oxygen atoms in total. The van der Waals surface area contributed by atoms with Gasteiger partial charge in [-0.25, -0.2) is 4.39 Å². The lowest BCUT2D eigenvalue weighted by molar-refractivity contribution is 0.289. The molecular formula is C18H18ClFN2O. The van der Waals surface area contributed by atoms with Gasteiger partial charge in [-0.2, -0.15) is 0 Å². The maximum atomic E-state index is 13.3. The Labute approximate surface area is 140 Å². The van der Waals surface area contributed by atoms with Crippen LogP contribution in [0.4, 0.5) is 4.39 Å². The summed E-state index contributed by atoms with van der Waals surface area (Å²) in [5, 5.41) is 1.12. The van der Waals surface area contributed by atoms with E-state index >= 15 is 0 Å². The third-order valence-corrected chi connectivity index (χ3v) is 4.73. The molecule has 2 aromatic heterocycles. The number of pyridine rings is 1. The quantitative estimate of drug-likeness (QED) is 0.721. The van der Waals surface area contributed by atoms with Crippen molar-refractivity contribution in [3.63, 3.8) is 0 Å². The maximum Gasteiger partial charge on any atom is 0.123 e. The summed E-state index contributed by atoms with van der Waals surface area (Å²) in [6.07, 6.45) is 3.88. The number of aromatic amines is 1. The molecule has 120 valence electrons. The van der Waals surface area contributed by atoms with E-state index in [9.17, 15) is 4.39 Å². The van der Waals surface area contributed by atoms with Gasteiger partial charge in [0.1, 0.15) is 11.4 Å². The van der Waals surface area contributed by atoms with Crippen molar-refractivity contribution in [2.24, 2.45) is 0 Å². The maximum absolute atomic E-state index is 13.3. The van der Waals surface area contributed by atoms with Crippen molar-refractivity contribution in [3.8, 4) is 0 Å². The van der Waals surface area contributed by atoms with Gasteiger partial charge in [0, 0.05) is 17.8 Å². The first-order valence-electron chi connectivity index (χ1n) is 7.45. The molecule has 0 bridgehead atoms. The van der Waals surface area contributed by atoms with Gasteiger partial charge in [-0.1, -0.05) is 12.1 Å². The van der Waals surface area contributed by atoms with E-state index < -0.39 is 0 Å². The van der Waals surface area contributed by atoms with E-state index in [-0.39, 0.29) is 35.8 Å². The van der Waals surface area contributed by atoms with Crippen LogP contribution in [0.1, 0.15) is 31.0 Å². The molecular weight excluding hydrogens is 315 g/mol. The molecule has 3 unspecified atom stereocenters. The Hall–Kier alpha value is -1.91. The Morgan fingerprint density at radius 3 is 2.57 bits per heavy atom. The van der Waals surface area contributed by atoms with Crippen LogP contribution in [0.15, 0.2) is 48.8 Å². The molecule has 4 rings (SSSR count). The number of rotatable bonds is 3. The Kier molecular flexibility index (Phi) is 3.90. The summed E-state index contributed by atoms with van der Waals surface area (Å²) in [5.41, 5.74) is 2.66. The van der Waals surface area contributed by atoms with Crippen molar-refractivity contribution in [2.45, 2.75) is 31.5 Å². The highest BCUT2D eigenvalue weighted by atomic mass is 35.5. The van der Waals surface area contributed by atoms with E-state index in [4.69, 9.17) is 4.74 Å². The van der Waals surface area contributed by atoms with Crippen LogP contribution in [0.2, 0.25) is 0 Å². The zero-order chi connectivity index (χ0) is 15.3. The molecule has 3 atom stereocenters. The second-order valence-corrected chi connectivity index (χ2v) is 6.07. The second kappa shape index (κ2) is 5.62. The fourth-order valence-electron chi connectivity index (χ4n) is 3.29. The summed E-state index contributed by atoms with van der Waals surface area (Å²) in [6, 6.07) is 10.6. The van der Waals surface area contributed by atoms with E-state index in [1.165, 1.54) is 12.1 Å². The van der Waals surface area contributed by atoms with Crippen molar-refractivity contribution in [2.75, 3.05) is 0 Å². The van der Waals surface area contributed by atoms with Crippen LogP contribution in [-0.4, -0.2) is 21.7 Å². The standard InChI is InChI=1S/C18H17FN2O.ClH/c1-11-18(2,22-11)15(12-3-5-14(19)6-4-12)17-16-13(7-9-20-16)8-10-21-17;/h3-11,15,20H,1-2H3;1H. The summed E-state index contributed by atoms with van der Waals surface area (Å²) in [7, 11) is 0. The number of hydrogen-bond acceptors (Lipinski definition) is 2. The van der Waals surface area contributed by atoms with Crippen LogP contribution in [0.5, 0.6) is 0 Å². The lowest BCUT2D eigenvalue weighted by Crippen LogP contribution is -2.23. The molecule has 0 saturated carbocycles. The number of benzene rings is 1. The number of fused-ring (bicyclic) bond motifs is 1. The topological polar surface area (TPSA) is 41.2 Å². The van der Waals surface area contributed by atoms with Gasteiger partial charge in [0.2, 0.25) is 0 Å². The van der Waals surface area contributed by atoms with E-state index in [0.29, 0.717) is 0 Å². The molecule has 0 radical (unpaired) electrons. The van der Waals surface area contributed by atoms with E-state index in [1.54, 1.807) is 0 Å². The second-order valence-electron chi connectivity index (χ2n) is 6.07. The van der Waals surface area contributed by atoms with Gasteiger partial charge >= 0.3 is 0 Å². The van der Waals surface area contributed by atoms with Crippen LogP contribution in [0, 0.1) is 5.82 Å². The van der Waals surface area contributed by atoms with Gasteiger partial charge < -0.3 is 9.72 Å². The van der Waals surface area contributed by atoms with E-state index in [2.05, 4.69) is 23.8 Å². The normalized spacial score (nSPS) is 24.2. The number of H-pyrrole nitrogens is 1. The first kappa shape index (κ1) is 16.0. The molecule has 1 saturated heterocycles. The SMILES string of the molecule is CC1OC1(C)C(c1ccc(F)cc1)c1nccc2cc[nH]c12.Cl. The molecule has 0 amide bonds. The fraction of sp³-hybridized carbons (Fsp3) is 0.278. The molecule has 23 heavy (non-hydrogen) atoms. The zero-order valence-electron chi connectivity index (χ0n) is 12.9. The number of halogens is 2. The number of ether oxygens (including phenoxy) is 1. The predicted octanol–water partition coefficient (Wildman–Crippen LogP) is 4.43. The van der Waals surface area contributed by atoms with Gasteiger partial charge in [-0.05, 0) is 43.7 Å². The van der Waals surface area contributed by atoms with Crippen molar-refractivity contribution < 1.29 is 9.13 Å². The van der Waals surface area contributed by atoms with Crippen LogP contribution in [0.3, 0.4) is 0 Å². The number of nitrogens with zero attached hydrogens (tertiary/aromatic N) is 1. The van der Waals surface area contributed by atoms with Crippen molar-refractivity contribution in [1.82, 2.24) is 9.97 Å². The van der Waals surface area contributed by atoms with Gasteiger partial charge in [-0.15, -0.1) is 12.4 Å². The summed E-state index contributed by atoms with van der Waals surface area (Å²) in [6.45, 7) is 4.15. The van der Waals surface area contributed by atoms with Crippen molar-refractivity contribution >= 4 is 23.3 Å². The molecule has 1 aromatic carbocycles. The molecule has 1 N–H and O–H groups in total. The Morgan fingerprint density at radius 1 is 1.22 bits per heavy atom. The summed E-state index contributed by atoms with van der Waals surface area (Å²) < 4.78 is 19.2. The van der Waals surface area contributed by atoms with E-state index in [1.807, 2.05) is 36.7 Å². The highest BCUT2D eigenvalue weighted by molar-refractivity contribution is 5.85. The average Bonchev–Trinajstić information content (AvgIpc) is 2.91. The van der Waals surface area contributed by atoms with Crippen LogP contribution < -0.4 is 0 Å². The minimum atomic E-state index is -0.315. The van der Waals surface area contributed by atoms with Crippen molar-refractivity contribution in [3.05, 3.63) is 65.9 Å². The molecule has 3 heterocycles. The van der Waals surface area contributed by atoms with Crippen LogP contribution in [0.25, 0.3) is 10.9 Å². The molecule has 3 aromatic rings. The van der Waals surface area contributed by atoms with Gasteiger partial charge in [-0.3, -0.25) is 4.98 Å². The lowest BCUT2D eigenvalue weighted by Gasteiger charge is -2.22. The Morgan fingerprint density at radius 2 is 1.91 bits per heavy atom. The lowest BCUT2D eigenvalue weighted by atomic mass is 9.81. The van der Waals surface area contributed by atoms with Crippen LogP contribution in [-0.2, 0) is 4.74 Å². The van der Waals surface area contributed by atoms with Crippen LogP contribution >= 0.6 is 12.4 Å². The van der Waals surface area contributed by atoms with Gasteiger partial charge in [0.25, 0.3) is 0 Å². The Balaban J connectivity index is 0.00000156. The number of nitrogens with one attached hydrogen (secondary N) is 1. The zero-order valence-corrected chi connectivity index (χ0v) is 13.7. The minimum Gasteiger partial charge on any atom is -0.366 e. The fourth-order valence-corrected chi connectivity index (χ4v) is 3.29. The third kappa shape index (κ3) is 2.52.